The SMILES string of the molecule is CC(C)(C)c1cc(/C=C2\C(=O)NC(=O)N(c3ccc(C45CC6CC(CC(C6)C4)C5)cc3)C2=O)cc(C(C)(C)C)c1O. The number of hydrogen-bond acceptors (Lipinski definition) is 4. The molecule has 0 radical (unpaired) electrons. The van der Waals surface area contributed by atoms with Crippen molar-refractivity contribution in [3.05, 3.63) is 64.2 Å². The summed E-state index contributed by atoms with van der Waals surface area (Å²) in [6.45, 7) is 12.1. The third-order valence-electron chi connectivity index (χ3n) is 9.94. The van der Waals surface area contributed by atoms with Gasteiger partial charge in [-0.15, -0.1) is 0 Å². The highest BCUT2D eigenvalue weighted by atomic mass is 16.3. The summed E-state index contributed by atoms with van der Waals surface area (Å²) in [5, 5.41) is 13.5. The first kappa shape index (κ1) is 27.7. The number of carbonyl (C=O) groups excluding carboxylic acids is 3. The summed E-state index contributed by atoms with van der Waals surface area (Å²) in [6.07, 6.45) is 9.37. The second kappa shape index (κ2) is 9.30. The maximum absolute atomic E-state index is 13.7. The maximum atomic E-state index is 13.7. The number of carbonyl (C=O) groups is 3. The fourth-order valence-electron chi connectivity index (χ4n) is 8.37. The molecule has 4 bridgehead atoms. The van der Waals surface area contributed by atoms with Crippen molar-refractivity contribution < 1.29 is 19.5 Å². The summed E-state index contributed by atoms with van der Waals surface area (Å²) >= 11 is 0. The third kappa shape index (κ3) is 4.79. The molecule has 4 amide bonds. The van der Waals surface area contributed by atoms with Gasteiger partial charge in [0.25, 0.3) is 11.8 Å². The van der Waals surface area contributed by atoms with E-state index in [1.54, 1.807) is 0 Å². The van der Waals surface area contributed by atoms with E-state index in [0.717, 1.165) is 33.8 Å². The van der Waals surface area contributed by atoms with Crippen molar-refractivity contribution in [2.24, 2.45) is 17.8 Å². The molecule has 0 aromatic heterocycles. The topological polar surface area (TPSA) is 86.7 Å². The quantitative estimate of drug-likeness (QED) is 0.312. The standard InChI is InChI=1S/C35H42N2O4/c1-33(2,3)27-15-20(16-28(29(27)38)34(4,5)6)14-26-30(39)36-32(41)37(31(26)40)25-9-7-24(8-10-25)35-17-21-11-22(18-35)13-23(12-21)19-35/h7-10,14-16,21-23,38H,11-13,17-19H2,1-6H3,(H,36,39,41)/b26-14+. The molecule has 216 valence electrons. The Hall–Kier alpha value is -3.41. The number of aromatic hydroxyl groups is 1. The molecule has 7 rings (SSSR count). The van der Waals surface area contributed by atoms with Crippen molar-refractivity contribution in [2.75, 3.05) is 4.90 Å². The second-order valence-corrected chi connectivity index (χ2v) is 15.2. The number of anilines is 1. The summed E-state index contributed by atoms with van der Waals surface area (Å²) in [6, 6.07) is 10.8. The van der Waals surface area contributed by atoms with Crippen molar-refractivity contribution >= 4 is 29.6 Å². The van der Waals surface area contributed by atoms with Crippen LogP contribution in [0.3, 0.4) is 0 Å². The molecule has 2 N–H and O–H groups in total. The molecular weight excluding hydrogens is 512 g/mol. The monoisotopic (exact) mass is 554 g/mol. The number of nitrogens with zero attached hydrogens (tertiary/aromatic N) is 1. The van der Waals surface area contributed by atoms with E-state index >= 15 is 0 Å². The second-order valence-electron chi connectivity index (χ2n) is 15.2. The highest BCUT2D eigenvalue weighted by Gasteiger charge is 2.51. The molecule has 1 heterocycles. The van der Waals surface area contributed by atoms with Gasteiger partial charge >= 0.3 is 6.03 Å². The number of urea groups is 1. The zero-order valence-electron chi connectivity index (χ0n) is 25.1. The Morgan fingerprint density at radius 1 is 0.829 bits per heavy atom. The predicted molar refractivity (Wildman–Crippen MR) is 161 cm³/mol. The van der Waals surface area contributed by atoms with Crippen molar-refractivity contribution in [2.45, 2.75) is 96.3 Å². The van der Waals surface area contributed by atoms with Crippen LogP contribution in [0, 0.1) is 17.8 Å². The lowest BCUT2D eigenvalue weighted by molar-refractivity contribution is -0.122. The molecule has 5 aliphatic rings. The number of phenolic OH excluding ortho intramolecular Hbond substituents is 1. The van der Waals surface area contributed by atoms with E-state index in [1.807, 2.05) is 65.8 Å². The summed E-state index contributed by atoms with van der Waals surface area (Å²) in [4.78, 5) is 40.7. The van der Waals surface area contributed by atoms with Crippen molar-refractivity contribution in [3.63, 3.8) is 0 Å². The van der Waals surface area contributed by atoms with Crippen LogP contribution in [0.15, 0.2) is 42.0 Å². The van der Waals surface area contributed by atoms with Gasteiger partial charge in [0, 0.05) is 11.1 Å². The molecule has 4 saturated carbocycles. The summed E-state index contributed by atoms with van der Waals surface area (Å²) in [7, 11) is 0. The first-order valence-corrected chi connectivity index (χ1v) is 15.0. The Bertz CT molecular complexity index is 1400. The molecule has 1 aliphatic heterocycles. The average molecular weight is 555 g/mol. The molecule has 41 heavy (non-hydrogen) atoms. The highest BCUT2D eigenvalue weighted by molar-refractivity contribution is 6.39. The lowest BCUT2D eigenvalue weighted by Crippen LogP contribution is -2.54. The van der Waals surface area contributed by atoms with Crippen molar-refractivity contribution in [1.29, 1.82) is 0 Å². The Morgan fingerprint density at radius 3 is 1.78 bits per heavy atom. The van der Waals surface area contributed by atoms with E-state index in [9.17, 15) is 19.5 Å². The van der Waals surface area contributed by atoms with Gasteiger partial charge in [-0.2, -0.15) is 0 Å². The van der Waals surface area contributed by atoms with Crippen molar-refractivity contribution in [3.8, 4) is 5.75 Å². The lowest BCUT2D eigenvalue weighted by Gasteiger charge is -2.57. The Kier molecular flexibility index (Phi) is 6.29. The van der Waals surface area contributed by atoms with Crippen LogP contribution in [-0.2, 0) is 25.8 Å². The molecule has 6 heteroatoms. The minimum Gasteiger partial charge on any atom is -0.507 e. The highest BCUT2D eigenvalue weighted by Crippen LogP contribution is 2.60. The predicted octanol–water partition coefficient (Wildman–Crippen LogP) is 7.12. The number of rotatable bonds is 3. The molecule has 0 unspecified atom stereocenters. The minimum absolute atomic E-state index is 0.111. The third-order valence-corrected chi connectivity index (χ3v) is 9.94. The average Bonchev–Trinajstić information content (AvgIpc) is 2.85. The number of imide groups is 2. The van der Waals surface area contributed by atoms with Crippen molar-refractivity contribution in [1.82, 2.24) is 5.32 Å². The zero-order chi connectivity index (χ0) is 29.5. The minimum atomic E-state index is -0.740. The molecule has 6 nitrogen and oxygen atoms in total. The van der Waals surface area contributed by atoms with Crippen LogP contribution in [0.2, 0.25) is 0 Å². The van der Waals surface area contributed by atoms with E-state index in [1.165, 1.54) is 50.2 Å². The molecule has 2 aromatic rings. The zero-order valence-corrected chi connectivity index (χ0v) is 25.1. The fraction of sp³-hybridized carbons (Fsp3) is 0.514. The fourth-order valence-corrected chi connectivity index (χ4v) is 8.37. The van der Waals surface area contributed by atoms with Gasteiger partial charge < -0.3 is 5.11 Å². The normalized spacial score (nSPS) is 28.9. The maximum Gasteiger partial charge on any atom is 0.335 e. The molecule has 0 atom stereocenters. The molecule has 5 fully saturated rings. The van der Waals surface area contributed by atoms with Crippen LogP contribution < -0.4 is 10.2 Å². The van der Waals surface area contributed by atoms with Gasteiger partial charge in [-0.25, -0.2) is 9.69 Å². The Morgan fingerprint density at radius 2 is 1.32 bits per heavy atom. The largest absolute Gasteiger partial charge is 0.507 e. The van der Waals surface area contributed by atoms with Crippen LogP contribution in [-0.4, -0.2) is 23.0 Å². The van der Waals surface area contributed by atoms with Gasteiger partial charge in [0.15, 0.2) is 0 Å². The molecular formula is C35H42N2O4. The lowest BCUT2D eigenvalue weighted by atomic mass is 9.48. The first-order valence-electron chi connectivity index (χ1n) is 15.0. The van der Waals surface area contributed by atoms with E-state index in [0.29, 0.717) is 11.3 Å². The van der Waals surface area contributed by atoms with Crippen LogP contribution in [0.1, 0.15) is 102 Å². The van der Waals surface area contributed by atoms with Crippen LogP contribution in [0.5, 0.6) is 5.75 Å². The smallest absolute Gasteiger partial charge is 0.335 e. The number of nitrogens with one attached hydrogen (secondary N) is 1. The number of phenols is 1. The summed E-state index contributed by atoms with van der Waals surface area (Å²) in [5.41, 5.74) is 3.23. The van der Waals surface area contributed by atoms with E-state index in [4.69, 9.17) is 0 Å². The van der Waals surface area contributed by atoms with Gasteiger partial charge in [0.2, 0.25) is 0 Å². The summed E-state index contributed by atoms with van der Waals surface area (Å²) in [5.74, 6) is 1.33. The molecule has 2 aromatic carbocycles. The van der Waals surface area contributed by atoms with E-state index in [2.05, 4.69) is 17.4 Å². The molecule has 0 spiro atoms. The molecule has 4 aliphatic carbocycles. The first-order chi connectivity index (χ1) is 19.1. The van der Waals surface area contributed by atoms with Gasteiger partial charge in [-0.1, -0.05) is 53.7 Å². The van der Waals surface area contributed by atoms with Crippen LogP contribution in [0.25, 0.3) is 6.08 Å². The van der Waals surface area contributed by atoms with Crippen LogP contribution in [0.4, 0.5) is 10.5 Å². The molecule has 1 saturated heterocycles. The van der Waals surface area contributed by atoms with Gasteiger partial charge in [0.05, 0.1) is 5.69 Å². The number of hydrogen-bond donors (Lipinski definition) is 2. The number of amides is 4. The Balaban J connectivity index is 1.34. The van der Waals surface area contributed by atoms with E-state index < -0.39 is 17.8 Å². The van der Waals surface area contributed by atoms with Gasteiger partial charge in [-0.05, 0) is 114 Å². The Labute approximate surface area is 243 Å². The van der Waals surface area contributed by atoms with E-state index in [-0.39, 0.29) is 27.6 Å². The van der Waals surface area contributed by atoms with Crippen LogP contribution >= 0.6 is 0 Å². The van der Waals surface area contributed by atoms with Gasteiger partial charge in [-0.3, -0.25) is 14.9 Å². The summed E-state index contributed by atoms with van der Waals surface area (Å²) < 4.78 is 0. The number of benzene rings is 2. The number of barbiturate groups is 1. The van der Waals surface area contributed by atoms with Gasteiger partial charge in [0.1, 0.15) is 11.3 Å².